The van der Waals surface area contributed by atoms with Gasteiger partial charge in [-0.05, 0) is 48.7 Å². The molecule has 0 spiro atoms. The van der Waals surface area contributed by atoms with Crippen LogP contribution in [0.25, 0.3) is 22.2 Å². The molecule has 31 heavy (non-hydrogen) atoms. The van der Waals surface area contributed by atoms with Gasteiger partial charge in [-0.1, -0.05) is 44.0 Å². The van der Waals surface area contributed by atoms with Gasteiger partial charge in [0.2, 0.25) is 0 Å². The molecule has 0 bridgehead atoms. The number of terminal acetylenes is 1. The Kier molecular flexibility index (Phi) is 5.92. The number of rotatable bonds is 6. The summed E-state index contributed by atoms with van der Waals surface area (Å²) in [6.07, 6.45) is 5.35. The molecule has 0 aliphatic heterocycles. The molecule has 0 aliphatic carbocycles. The number of aromatic nitrogens is 2. The van der Waals surface area contributed by atoms with Crippen molar-refractivity contribution in [1.29, 1.82) is 0 Å². The van der Waals surface area contributed by atoms with E-state index in [1.807, 2.05) is 30.3 Å². The molecular weight excluding hydrogens is 404 g/mol. The minimum Gasteiger partial charge on any atom is -0.481 e. The Balaban J connectivity index is 1.89. The van der Waals surface area contributed by atoms with E-state index in [1.54, 1.807) is 15.9 Å². The maximum Gasteiger partial charge on any atom is 0.348 e. The van der Waals surface area contributed by atoms with Gasteiger partial charge in [-0.15, -0.1) is 17.8 Å². The summed E-state index contributed by atoms with van der Waals surface area (Å²) in [6, 6.07) is 18.0. The Labute approximate surface area is 186 Å². The Morgan fingerprint density at radius 1 is 1.13 bits per heavy atom. The first kappa shape index (κ1) is 20.9. The predicted octanol–water partition coefficient (Wildman–Crippen LogP) is 5.62. The second-order valence-corrected chi connectivity index (χ2v) is 9.16. The molecule has 5 heteroatoms. The largest absolute Gasteiger partial charge is 0.481 e. The van der Waals surface area contributed by atoms with Crippen LogP contribution in [0.2, 0.25) is 0 Å². The fraction of sp³-hybridized carbons (Fsp3) is 0.231. The van der Waals surface area contributed by atoms with E-state index in [0.29, 0.717) is 23.9 Å². The highest BCUT2D eigenvalue weighted by Gasteiger charge is 2.15. The summed E-state index contributed by atoms with van der Waals surface area (Å²) in [5.74, 6) is 3.58. The van der Waals surface area contributed by atoms with Gasteiger partial charge in [-0.3, -0.25) is 4.57 Å². The molecule has 0 N–H and O–H groups in total. The normalized spacial score (nSPS) is 11.1. The van der Waals surface area contributed by atoms with Crippen molar-refractivity contribution in [1.82, 2.24) is 9.55 Å². The van der Waals surface area contributed by atoms with Crippen molar-refractivity contribution in [2.24, 2.45) is 0 Å². The molecular formula is C26H24N2O2S. The lowest BCUT2D eigenvalue weighted by atomic mass is 9.99. The van der Waals surface area contributed by atoms with Crippen molar-refractivity contribution in [3.8, 4) is 29.4 Å². The first-order chi connectivity index (χ1) is 15.0. The van der Waals surface area contributed by atoms with Crippen LogP contribution in [0.5, 0.6) is 5.75 Å². The van der Waals surface area contributed by atoms with Gasteiger partial charge < -0.3 is 4.74 Å². The minimum absolute atomic E-state index is 0.186. The van der Waals surface area contributed by atoms with Crippen LogP contribution >= 0.6 is 11.3 Å². The van der Waals surface area contributed by atoms with Gasteiger partial charge >= 0.3 is 5.69 Å². The molecule has 0 aliphatic rings. The van der Waals surface area contributed by atoms with Gasteiger partial charge in [0.25, 0.3) is 0 Å². The van der Waals surface area contributed by atoms with E-state index in [0.717, 1.165) is 21.3 Å². The first-order valence-corrected chi connectivity index (χ1v) is 11.0. The van der Waals surface area contributed by atoms with Crippen molar-refractivity contribution < 1.29 is 4.74 Å². The number of thiophene rings is 1. The maximum atomic E-state index is 13.1. The van der Waals surface area contributed by atoms with Gasteiger partial charge in [-0.2, -0.15) is 4.98 Å². The Bertz CT molecular complexity index is 1320. The molecule has 0 fully saturated rings. The number of fused-ring (bicyclic) bond motifs is 1. The van der Waals surface area contributed by atoms with Crippen LogP contribution in [-0.2, 0) is 6.54 Å². The molecule has 2 aromatic heterocycles. The molecule has 0 saturated heterocycles. The summed E-state index contributed by atoms with van der Waals surface area (Å²) >= 11 is 1.68. The van der Waals surface area contributed by atoms with Crippen LogP contribution in [0.1, 0.15) is 35.1 Å². The zero-order valence-corrected chi connectivity index (χ0v) is 18.7. The SMILES string of the molecule is C#CCOc1ccc2c(c1)c(-c1ccc(C(C)C)cc1)nc(=O)n2Cc1ccc(C)s1. The third kappa shape index (κ3) is 4.40. The van der Waals surface area contributed by atoms with Crippen LogP contribution in [0.15, 0.2) is 59.4 Å². The Morgan fingerprint density at radius 3 is 2.55 bits per heavy atom. The fourth-order valence-electron chi connectivity index (χ4n) is 3.60. The molecule has 4 rings (SSSR count). The molecule has 0 saturated carbocycles. The van der Waals surface area contributed by atoms with Crippen LogP contribution in [-0.4, -0.2) is 16.2 Å². The summed E-state index contributed by atoms with van der Waals surface area (Å²) in [5.41, 5.74) is 3.35. The quantitative estimate of drug-likeness (QED) is 0.375. The Morgan fingerprint density at radius 2 is 1.90 bits per heavy atom. The molecule has 0 amide bonds. The molecule has 0 atom stereocenters. The van der Waals surface area contributed by atoms with Gasteiger partial charge in [0, 0.05) is 20.7 Å². The van der Waals surface area contributed by atoms with Crippen LogP contribution in [0.4, 0.5) is 0 Å². The second kappa shape index (κ2) is 8.79. The van der Waals surface area contributed by atoms with Gasteiger partial charge in [0.1, 0.15) is 12.4 Å². The summed E-state index contributed by atoms with van der Waals surface area (Å²) in [6.45, 7) is 7.05. The number of aryl methyl sites for hydroxylation is 1. The van der Waals surface area contributed by atoms with E-state index in [1.165, 1.54) is 10.4 Å². The van der Waals surface area contributed by atoms with E-state index in [-0.39, 0.29) is 12.3 Å². The predicted molar refractivity (Wildman–Crippen MR) is 128 cm³/mol. The third-order valence-corrected chi connectivity index (χ3v) is 6.22. The minimum atomic E-state index is -0.265. The molecule has 4 aromatic rings. The van der Waals surface area contributed by atoms with Crippen molar-refractivity contribution in [2.45, 2.75) is 33.2 Å². The van der Waals surface area contributed by atoms with Crippen molar-refractivity contribution in [3.63, 3.8) is 0 Å². The average molecular weight is 429 g/mol. The van der Waals surface area contributed by atoms with E-state index in [9.17, 15) is 4.79 Å². The smallest absolute Gasteiger partial charge is 0.348 e. The van der Waals surface area contributed by atoms with Crippen molar-refractivity contribution in [2.75, 3.05) is 6.61 Å². The summed E-state index contributed by atoms with van der Waals surface area (Å²) < 4.78 is 7.37. The van der Waals surface area contributed by atoms with E-state index in [4.69, 9.17) is 11.2 Å². The van der Waals surface area contributed by atoms with Gasteiger partial charge in [-0.25, -0.2) is 4.79 Å². The van der Waals surface area contributed by atoms with Crippen molar-refractivity contribution in [3.05, 3.63) is 80.4 Å². The zero-order chi connectivity index (χ0) is 22.0. The molecule has 2 aromatic carbocycles. The molecule has 0 radical (unpaired) electrons. The van der Waals surface area contributed by atoms with Gasteiger partial charge in [0.05, 0.1) is 17.8 Å². The highest BCUT2D eigenvalue weighted by atomic mass is 32.1. The fourth-order valence-corrected chi connectivity index (χ4v) is 4.48. The Hall–Kier alpha value is -3.36. The molecule has 156 valence electrons. The lowest BCUT2D eigenvalue weighted by Crippen LogP contribution is -2.24. The standard InChI is InChI=1S/C26H24N2O2S/c1-5-14-30-21-11-13-24-23(15-21)25(20-9-7-19(8-10-20)17(2)3)27-26(29)28(24)16-22-12-6-18(4)31-22/h1,6-13,15,17H,14,16H2,2-4H3. The number of benzene rings is 2. The number of hydrogen-bond acceptors (Lipinski definition) is 4. The lowest BCUT2D eigenvalue weighted by molar-refractivity contribution is 0.371. The summed E-state index contributed by atoms with van der Waals surface area (Å²) in [4.78, 5) is 19.9. The number of ether oxygens (including phenoxy) is 1. The van der Waals surface area contributed by atoms with Crippen LogP contribution in [0.3, 0.4) is 0 Å². The van der Waals surface area contributed by atoms with Crippen molar-refractivity contribution >= 4 is 22.2 Å². The maximum absolute atomic E-state index is 13.1. The van der Waals surface area contributed by atoms with E-state index in [2.05, 4.69) is 55.9 Å². The average Bonchev–Trinajstić information content (AvgIpc) is 3.18. The highest BCUT2D eigenvalue weighted by Crippen LogP contribution is 2.30. The van der Waals surface area contributed by atoms with E-state index >= 15 is 0 Å². The number of hydrogen-bond donors (Lipinski definition) is 0. The molecule has 0 unspecified atom stereocenters. The summed E-state index contributed by atoms with van der Waals surface area (Å²) in [7, 11) is 0. The van der Waals surface area contributed by atoms with Gasteiger partial charge in [0.15, 0.2) is 0 Å². The van der Waals surface area contributed by atoms with Crippen LogP contribution < -0.4 is 10.4 Å². The number of nitrogens with zero attached hydrogens (tertiary/aromatic N) is 2. The topological polar surface area (TPSA) is 44.1 Å². The first-order valence-electron chi connectivity index (χ1n) is 10.2. The third-order valence-electron chi connectivity index (χ3n) is 5.24. The van der Waals surface area contributed by atoms with Crippen LogP contribution in [0, 0.1) is 19.3 Å². The zero-order valence-electron chi connectivity index (χ0n) is 17.9. The molecule has 4 nitrogen and oxygen atoms in total. The summed E-state index contributed by atoms with van der Waals surface area (Å²) in [5, 5.41) is 0.861. The second-order valence-electron chi connectivity index (χ2n) is 7.79. The molecule has 2 heterocycles. The van der Waals surface area contributed by atoms with E-state index < -0.39 is 0 Å². The highest BCUT2D eigenvalue weighted by molar-refractivity contribution is 7.11. The monoisotopic (exact) mass is 428 g/mol. The lowest BCUT2D eigenvalue weighted by Gasteiger charge is -2.14.